The largest absolute Gasteiger partial charge is 0.482 e. The highest BCUT2D eigenvalue weighted by Crippen LogP contribution is 2.29. The zero-order valence-corrected chi connectivity index (χ0v) is 11.6. The van der Waals surface area contributed by atoms with Crippen LogP contribution in [0.1, 0.15) is 11.1 Å². The molecule has 0 saturated heterocycles. The second-order valence-electron chi connectivity index (χ2n) is 4.29. The molecule has 0 atom stereocenters. The number of nitro benzene ring substituents is 1. The fourth-order valence-corrected chi connectivity index (χ4v) is 1.90. The lowest BCUT2D eigenvalue weighted by Crippen LogP contribution is -2.03. The Morgan fingerprint density at radius 1 is 1.29 bits per heavy atom. The Morgan fingerprint density at radius 2 is 2.05 bits per heavy atom. The van der Waals surface area contributed by atoms with Crippen LogP contribution in [0.15, 0.2) is 36.4 Å². The van der Waals surface area contributed by atoms with Gasteiger partial charge in [0.15, 0.2) is 5.75 Å². The van der Waals surface area contributed by atoms with Crippen LogP contribution >= 0.6 is 11.6 Å². The van der Waals surface area contributed by atoms with Gasteiger partial charge in [-0.25, -0.2) is 4.39 Å². The van der Waals surface area contributed by atoms with Crippen LogP contribution < -0.4 is 10.5 Å². The maximum Gasteiger partial charge on any atom is 0.310 e. The second-order valence-corrected chi connectivity index (χ2v) is 4.72. The molecule has 0 fully saturated rings. The molecular formula is C14H12ClFN2O3. The molecule has 7 heteroatoms. The van der Waals surface area contributed by atoms with E-state index in [1.807, 2.05) is 0 Å². The molecule has 0 aliphatic heterocycles. The van der Waals surface area contributed by atoms with Gasteiger partial charge in [-0.1, -0.05) is 23.7 Å². The predicted octanol–water partition coefficient (Wildman–Crippen LogP) is 3.43. The third-order valence-electron chi connectivity index (χ3n) is 2.85. The Bertz CT molecular complexity index is 679. The van der Waals surface area contributed by atoms with Gasteiger partial charge in [-0.3, -0.25) is 10.1 Å². The third kappa shape index (κ3) is 3.68. The van der Waals surface area contributed by atoms with E-state index in [0.29, 0.717) is 5.56 Å². The monoisotopic (exact) mass is 310 g/mol. The average Bonchev–Trinajstić information content (AvgIpc) is 2.45. The van der Waals surface area contributed by atoms with Crippen LogP contribution in [-0.4, -0.2) is 4.92 Å². The molecule has 21 heavy (non-hydrogen) atoms. The molecule has 0 aliphatic carbocycles. The van der Waals surface area contributed by atoms with Crippen LogP contribution in [0.25, 0.3) is 0 Å². The van der Waals surface area contributed by atoms with Crippen LogP contribution in [0, 0.1) is 15.9 Å². The summed E-state index contributed by atoms with van der Waals surface area (Å²) in [5.74, 6) is -0.475. The highest BCUT2D eigenvalue weighted by Gasteiger charge is 2.16. The van der Waals surface area contributed by atoms with Crippen molar-refractivity contribution in [3.63, 3.8) is 0 Å². The molecule has 110 valence electrons. The van der Waals surface area contributed by atoms with Crippen LogP contribution in [0.5, 0.6) is 5.75 Å². The van der Waals surface area contributed by atoms with Crippen LogP contribution in [0.4, 0.5) is 10.1 Å². The van der Waals surface area contributed by atoms with Gasteiger partial charge < -0.3 is 10.5 Å². The number of nitrogens with two attached hydrogens (primary N) is 1. The van der Waals surface area contributed by atoms with Crippen molar-refractivity contribution in [1.82, 2.24) is 0 Å². The summed E-state index contributed by atoms with van der Waals surface area (Å²) in [6.45, 7) is 0.0848. The summed E-state index contributed by atoms with van der Waals surface area (Å²) < 4.78 is 19.0. The van der Waals surface area contributed by atoms with E-state index in [0.717, 1.165) is 6.07 Å². The molecule has 2 aromatic carbocycles. The molecule has 0 bridgehead atoms. The van der Waals surface area contributed by atoms with Crippen molar-refractivity contribution < 1.29 is 14.1 Å². The van der Waals surface area contributed by atoms with Crippen molar-refractivity contribution in [2.24, 2.45) is 5.73 Å². The Morgan fingerprint density at radius 3 is 2.67 bits per heavy atom. The third-order valence-corrected chi connectivity index (χ3v) is 3.09. The molecular weight excluding hydrogens is 299 g/mol. The smallest absolute Gasteiger partial charge is 0.310 e. The number of ether oxygens (including phenoxy) is 1. The molecule has 0 radical (unpaired) electrons. The van der Waals surface area contributed by atoms with E-state index in [9.17, 15) is 14.5 Å². The van der Waals surface area contributed by atoms with Gasteiger partial charge in [0.25, 0.3) is 0 Å². The summed E-state index contributed by atoms with van der Waals surface area (Å²) in [6, 6.07) is 8.49. The number of halogens is 2. The van der Waals surface area contributed by atoms with Crippen molar-refractivity contribution in [3.8, 4) is 5.75 Å². The SMILES string of the molecule is NCc1ccc([N+](=O)[O-])c(OCc2ccc(Cl)cc2F)c1. The van der Waals surface area contributed by atoms with Crippen LogP contribution in [0.2, 0.25) is 5.02 Å². The number of nitrogens with zero attached hydrogens (tertiary/aromatic N) is 1. The molecule has 0 unspecified atom stereocenters. The van der Waals surface area contributed by atoms with Gasteiger partial charge in [0.1, 0.15) is 12.4 Å². The van der Waals surface area contributed by atoms with E-state index in [-0.39, 0.29) is 35.2 Å². The minimum atomic E-state index is -0.562. The van der Waals surface area contributed by atoms with E-state index < -0.39 is 10.7 Å². The Balaban J connectivity index is 2.24. The van der Waals surface area contributed by atoms with Crippen molar-refractivity contribution in [2.45, 2.75) is 13.2 Å². The Hall–Kier alpha value is -2.18. The lowest BCUT2D eigenvalue weighted by atomic mass is 10.2. The zero-order valence-electron chi connectivity index (χ0n) is 10.9. The van der Waals surface area contributed by atoms with Crippen molar-refractivity contribution in [3.05, 3.63) is 68.5 Å². The van der Waals surface area contributed by atoms with Gasteiger partial charge in [-0.15, -0.1) is 0 Å². The number of rotatable bonds is 5. The molecule has 0 saturated carbocycles. The summed E-state index contributed by atoms with van der Waals surface area (Å²) in [5.41, 5.74) is 6.24. The quantitative estimate of drug-likeness (QED) is 0.678. The van der Waals surface area contributed by atoms with E-state index in [1.54, 1.807) is 6.07 Å². The van der Waals surface area contributed by atoms with E-state index in [2.05, 4.69) is 0 Å². The topological polar surface area (TPSA) is 78.4 Å². The highest BCUT2D eigenvalue weighted by molar-refractivity contribution is 6.30. The standard InChI is InChI=1S/C14H12ClFN2O3/c15-11-3-2-10(12(16)6-11)8-21-14-5-9(7-17)1-4-13(14)18(19)20/h1-6H,7-8,17H2. The van der Waals surface area contributed by atoms with Crippen molar-refractivity contribution in [2.75, 3.05) is 0 Å². The molecule has 0 amide bonds. The molecule has 2 rings (SSSR count). The van der Waals surface area contributed by atoms with E-state index >= 15 is 0 Å². The van der Waals surface area contributed by atoms with Gasteiger partial charge in [0.05, 0.1) is 4.92 Å². The molecule has 0 spiro atoms. The average molecular weight is 311 g/mol. The number of benzene rings is 2. The summed E-state index contributed by atoms with van der Waals surface area (Å²) in [6.07, 6.45) is 0. The summed E-state index contributed by atoms with van der Waals surface area (Å²) in [5, 5.41) is 11.2. The van der Waals surface area contributed by atoms with Gasteiger partial charge in [0.2, 0.25) is 0 Å². The minimum absolute atomic E-state index is 0.0531. The molecule has 2 aromatic rings. The van der Waals surface area contributed by atoms with Crippen molar-refractivity contribution in [1.29, 1.82) is 0 Å². The molecule has 0 aromatic heterocycles. The van der Waals surface area contributed by atoms with Gasteiger partial charge in [0, 0.05) is 23.2 Å². The summed E-state index contributed by atoms with van der Waals surface area (Å²) in [7, 11) is 0. The van der Waals surface area contributed by atoms with Gasteiger partial charge >= 0.3 is 5.69 Å². The van der Waals surface area contributed by atoms with E-state index in [1.165, 1.54) is 24.3 Å². The lowest BCUT2D eigenvalue weighted by Gasteiger charge is -2.09. The fourth-order valence-electron chi connectivity index (χ4n) is 1.75. The first-order valence-corrected chi connectivity index (χ1v) is 6.43. The van der Waals surface area contributed by atoms with Crippen LogP contribution in [-0.2, 0) is 13.2 Å². The summed E-state index contributed by atoms with van der Waals surface area (Å²) in [4.78, 5) is 10.4. The molecule has 2 N–H and O–H groups in total. The number of hydrogen-bond acceptors (Lipinski definition) is 4. The van der Waals surface area contributed by atoms with Gasteiger partial charge in [-0.2, -0.15) is 0 Å². The minimum Gasteiger partial charge on any atom is -0.482 e. The Kier molecular flexibility index (Phi) is 4.72. The maximum atomic E-state index is 13.6. The summed E-state index contributed by atoms with van der Waals surface area (Å²) >= 11 is 5.66. The first kappa shape index (κ1) is 15.2. The number of nitro groups is 1. The van der Waals surface area contributed by atoms with E-state index in [4.69, 9.17) is 22.1 Å². The molecule has 0 aliphatic rings. The number of hydrogen-bond donors (Lipinski definition) is 1. The molecule has 5 nitrogen and oxygen atoms in total. The van der Waals surface area contributed by atoms with Crippen molar-refractivity contribution >= 4 is 17.3 Å². The zero-order chi connectivity index (χ0) is 15.4. The lowest BCUT2D eigenvalue weighted by molar-refractivity contribution is -0.386. The van der Waals surface area contributed by atoms with Gasteiger partial charge in [-0.05, 0) is 23.8 Å². The fraction of sp³-hybridized carbons (Fsp3) is 0.143. The first-order chi connectivity index (χ1) is 10.0. The second kappa shape index (κ2) is 6.51. The van der Waals surface area contributed by atoms with Crippen LogP contribution in [0.3, 0.4) is 0 Å². The maximum absolute atomic E-state index is 13.6. The Labute approximate surface area is 125 Å². The predicted molar refractivity (Wildman–Crippen MR) is 76.7 cm³/mol. The molecule has 0 heterocycles. The highest BCUT2D eigenvalue weighted by atomic mass is 35.5. The normalized spacial score (nSPS) is 10.4. The first-order valence-electron chi connectivity index (χ1n) is 6.05.